The molecule has 0 aliphatic heterocycles. The molecule has 74 heavy (non-hydrogen) atoms. The minimum Gasteiger partial charge on any atom is -0.455 e. The molecule has 0 fully saturated rings. The second-order valence-corrected chi connectivity index (χ2v) is 21.5. The van der Waals surface area contributed by atoms with Crippen LogP contribution in [0.4, 0.5) is 0 Å². The van der Waals surface area contributed by atoms with E-state index in [4.69, 9.17) is 8.83 Å². The van der Waals surface area contributed by atoms with Crippen LogP contribution in [0.25, 0.3) is 133 Å². The number of hydrogen-bond acceptors (Lipinski definition) is 2. The molecule has 13 aromatic rings. The zero-order valence-corrected chi connectivity index (χ0v) is 41.8. The van der Waals surface area contributed by atoms with E-state index in [9.17, 15) is 0 Å². The van der Waals surface area contributed by atoms with Crippen molar-refractivity contribution in [2.75, 3.05) is 0 Å². The van der Waals surface area contributed by atoms with Gasteiger partial charge in [0, 0.05) is 43.5 Å². The maximum absolute atomic E-state index is 7.20. The van der Waals surface area contributed by atoms with Crippen LogP contribution >= 0.6 is 0 Å². The predicted octanol–water partition coefficient (Wildman–Crippen LogP) is 20.1. The van der Waals surface area contributed by atoms with Gasteiger partial charge >= 0.3 is 0 Å². The summed E-state index contributed by atoms with van der Waals surface area (Å²) >= 11 is 0. The molecule has 15 rings (SSSR count). The molecule has 2 nitrogen and oxygen atoms in total. The Hall–Kier alpha value is -8.98. The molecule has 0 N–H and O–H groups in total. The highest BCUT2D eigenvalue weighted by atomic mass is 16.3. The Morgan fingerprint density at radius 2 is 0.622 bits per heavy atom. The van der Waals surface area contributed by atoms with Gasteiger partial charge in [0.05, 0.1) is 0 Å². The van der Waals surface area contributed by atoms with Crippen LogP contribution in [0.1, 0.15) is 49.9 Å². The Bertz CT molecular complexity index is 4320. The van der Waals surface area contributed by atoms with Crippen LogP contribution in [0, 0.1) is 0 Å². The molecule has 0 radical (unpaired) electrons. The Morgan fingerprint density at radius 3 is 1.09 bits per heavy atom. The quantitative estimate of drug-likeness (QED) is 0.166. The molecule has 0 amide bonds. The maximum atomic E-state index is 7.20. The third kappa shape index (κ3) is 6.18. The Kier molecular flexibility index (Phi) is 9.09. The minimum atomic E-state index is -0.397. The Labute approximate surface area is 430 Å². The third-order valence-corrected chi connectivity index (χ3v) is 16.6. The van der Waals surface area contributed by atoms with Gasteiger partial charge in [0.15, 0.2) is 0 Å². The highest BCUT2D eigenvalue weighted by Crippen LogP contribution is 2.63. The van der Waals surface area contributed by atoms with Gasteiger partial charge in [-0.1, -0.05) is 198 Å². The number of benzene rings is 11. The summed E-state index contributed by atoms with van der Waals surface area (Å²) in [5.41, 5.74) is 27.2. The Balaban J connectivity index is 0.981. The summed E-state index contributed by atoms with van der Waals surface area (Å²) in [6.07, 6.45) is 0. The second kappa shape index (κ2) is 15.8. The van der Waals surface area contributed by atoms with E-state index < -0.39 is 5.41 Å². The van der Waals surface area contributed by atoms with Crippen LogP contribution in [0.2, 0.25) is 0 Å². The summed E-state index contributed by atoms with van der Waals surface area (Å²) in [5, 5.41) is 4.59. The maximum Gasteiger partial charge on any atom is 0.144 e. The van der Waals surface area contributed by atoms with Gasteiger partial charge in [-0.2, -0.15) is 0 Å². The van der Waals surface area contributed by atoms with Gasteiger partial charge in [-0.3, -0.25) is 0 Å². The Morgan fingerprint density at radius 1 is 0.270 bits per heavy atom. The van der Waals surface area contributed by atoms with E-state index in [1.807, 2.05) is 0 Å². The first kappa shape index (κ1) is 42.7. The molecule has 2 aliphatic rings. The number of hydrogen-bond donors (Lipinski definition) is 0. The summed E-state index contributed by atoms with van der Waals surface area (Å²) in [7, 11) is 0. The molecule has 0 atom stereocenters. The molecule has 2 heterocycles. The molecule has 2 aromatic heterocycles. The number of para-hydroxylation sites is 2. The van der Waals surface area contributed by atoms with E-state index in [0.717, 1.165) is 49.6 Å². The zero-order valence-electron chi connectivity index (χ0n) is 41.8. The fourth-order valence-electron chi connectivity index (χ4n) is 13.1. The van der Waals surface area contributed by atoms with Crippen molar-refractivity contribution in [2.24, 2.45) is 0 Å². The van der Waals surface area contributed by atoms with Crippen molar-refractivity contribution in [1.29, 1.82) is 0 Å². The van der Waals surface area contributed by atoms with Crippen molar-refractivity contribution in [2.45, 2.75) is 38.5 Å². The molecule has 2 heteroatoms. The lowest BCUT2D eigenvalue weighted by Gasteiger charge is -2.31. The molecule has 0 spiro atoms. The smallest absolute Gasteiger partial charge is 0.144 e. The van der Waals surface area contributed by atoms with E-state index in [0.29, 0.717) is 0 Å². The van der Waals surface area contributed by atoms with E-state index in [2.05, 4.69) is 258 Å². The van der Waals surface area contributed by atoms with Gasteiger partial charge in [-0.25, -0.2) is 0 Å². The highest BCUT2D eigenvalue weighted by molar-refractivity contribution is 6.21. The van der Waals surface area contributed by atoms with Crippen LogP contribution in [0.5, 0.6) is 0 Å². The largest absolute Gasteiger partial charge is 0.455 e. The van der Waals surface area contributed by atoms with Crippen molar-refractivity contribution in [3.63, 3.8) is 0 Å². The number of furan rings is 2. The minimum absolute atomic E-state index is 0.389. The van der Waals surface area contributed by atoms with Crippen LogP contribution in [-0.2, 0) is 10.8 Å². The van der Waals surface area contributed by atoms with E-state index >= 15 is 0 Å². The average Bonchev–Trinajstić information content (AvgIpc) is 4.29. The van der Waals surface area contributed by atoms with Crippen LogP contribution in [0.3, 0.4) is 0 Å². The van der Waals surface area contributed by atoms with Gasteiger partial charge in [0.2, 0.25) is 0 Å². The molecular formula is C72H50O2. The van der Waals surface area contributed by atoms with Crippen LogP contribution < -0.4 is 0 Å². The third-order valence-electron chi connectivity index (χ3n) is 16.6. The fraction of sp³-hybridized carbons (Fsp3) is 0.0833. The first-order chi connectivity index (χ1) is 36.2. The van der Waals surface area contributed by atoms with E-state index in [1.54, 1.807) is 0 Å². The predicted molar refractivity (Wildman–Crippen MR) is 309 cm³/mol. The highest BCUT2D eigenvalue weighted by Gasteiger charge is 2.48. The van der Waals surface area contributed by atoms with Crippen molar-refractivity contribution >= 4 is 43.9 Å². The molecule has 0 bridgehead atoms. The molecule has 350 valence electrons. The number of fused-ring (bicyclic) bond motifs is 15. The molecule has 2 aliphatic carbocycles. The summed E-state index contributed by atoms with van der Waals surface area (Å²) in [5.74, 6) is 0. The van der Waals surface area contributed by atoms with E-state index in [1.165, 1.54) is 106 Å². The first-order valence-corrected chi connectivity index (χ1v) is 25.9. The number of rotatable bonds is 6. The average molecular weight is 947 g/mol. The topological polar surface area (TPSA) is 26.3 Å². The monoisotopic (exact) mass is 946 g/mol. The summed E-state index contributed by atoms with van der Waals surface area (Å²) in [6, 6.07) is 84.2. The summed E-state index contributed by atoms with van der Waals surface area (Å²) < 4.78 is 14.3. The van der Waals surface area contributed by atoms with Gasteiger partial charge < -0.3 is 8.83 Å². The van der Waals surface area contributed by atoms with Crippen LogP contribution in [0.15, 0.2) is 239 Å². The van der Waals surface area contributed by atoms with Crippen LogP contribution in [-0.4, -0.2) is 0 Å². The summed E-state index contributed by atoms with van der Waals surface area (Å²) in [6.45, 7) is 9.79. The second-order valence-electron chi connectivity index (χ2n) is 21.5. The molecule has 0 saturated heterocycles. The summed E-state index contributed by atoms with van der Waals surface area (Å²) in [4.78, 5) is 0. The molecule has 11 aromatic carbocycles. The SMILES string of the molecule is CC1(C)c2cc(-c3cc(-c4ccccc4)cc(-c4ccccc4)c3)c3c(oc4ccccc43)c2-c2ccc3c(c21)C(C)(C)c1cc(-c2cc(-c4ccccc4)cc(-c4ccccc4)c2)c2oc4ccccc4c2c1-3. The fourth-order valence-corrected chi connectivity index (χ4v) is 13.1. The van der Waals surface area contributed by atoms with Gasteiger partial charge in [0.25, 0.3) is 0 Å². The standard InChI is InChI=1S/C72H50O2/c1-71(2)59-42-58(52-39-49(45-25-13-7-14-26-45)36-50(40-52)46-27-15-8-16-28-46)69-66(54-30-18-20-32-62(54)73-69)64(59)55-33-34-56-65-60(72(3,4)68(56)67(55)71)41-57(63-53-29-17-19-31-61(53)74-70(63)65)51-37-47(43-21-9-5-10-22-43)35-48(38-51)44-23-11-6-12-24-44/h5-42H,1-4H3. The molecule has 0 saturated carbocycles. The molecular weight excluding hydrogens is 897 g/mol. The van der Waals surface area contributed by atoms with Crippen molar-refractivity contribution < 1.29 is 8.83 Å². The first-order valence-electron chi connectivity index (χ1n) is 25.9. The van der Waals surface area contributed by atoms with E-state index in [-0.39, 0.29) is 5.41 Å². The van der Waals surface area contributed by atoms with Gasteiger partial charge in [-0.15, -0.1) is 0 Å². The lowest BCUT2D eigenvalue weighted by atomic mass is 9.72. The van der Waals surface area contributed by atoms with Crippen molar-refractivity contribution in [1.82, 2.24) is 0 Å². The lowest BCUT2D eigenvalue weighted by Crippen LogP contribution is -2.24. The molecule has 0 unspecified atom stereocenters. The van der Waals surface area contributed by atoms with Crippen molar-refractivity contribution in [3.8, 4) is 89.0 Å². The lowest BCUT2D eigenvalue weighted by molar-refractivity contribution is 0.601. The zero-order chi connectivity index (χ0) is 49.5. The van der Waals surface area contributed by atoms with Gasteiger partial charge in [-0.05, 0) is 161 Å². The van der Waals surface area contributed by atoms with Gasteiger partial charge in [0.1, 0.15) is 22.3 Å². The normalized spacial score (nSPS) is 13.9. The van der Waals surface area contributed by atoms with Crippen molar-refractivity contribution in [3.05, 3.63) is 253 Å².